The van der Waals surface area contributed by atoms with E-state index in [1.807, 2.05) is 0 Å². The fourth-order valence-corrected chi connectivity index (χ4v) is 0.811. The summed E-state index contributed by atoms with van der Waals surface area (Å²) in [7, 11) is 1.75. The molecule has 1 N–H and O–H groups in total. The zero-order valence-electron chi connectivity index (χ0n) is 7.73. The summed E-state index contributed by atoms with van der Waals surface area (Å²) in [5, 5.41) is 14.4. The first-order valence-electron chi connectivity index (χ1n) is 3.97. The number of amides is 1. The molecule has 0 spiro atoms. The molecule has 0 fully saturated rings. The summed E-state index contributed by atoms with van der Waals surface area (Å²) in [4.78, 5) is 11.0. The van der Waals surface area contributed by atoms with Crippen molar-refractivity contribution in [3.05, 3.63) is 12.4 Å². The first-order valence-corrected chi connectivity index (χ1v) is 3.97. The van der Waals surface area contributed by atoms with Crippen LogP contribution in [0.4, 0.5) is 0 Å². The lowest BCUT2D eigenvalue weighted by molar-refractivity contribution is -0.122. The minimum atomic E-state index is -0.324. The number of ether oxygens (including phenoxy) is 1. The number of nitriles is 1. The average molecular weight is 194 g/mol. The van der Waals surface area contributed by atoms with Crippen LogP contribution in [0.2, 0.25) is 0 Å². The predicted octanol–water partition coefficient (Wildman–Crippen LogP) is -0.561. The van der Waals surface area contributed by atoms with Gasteiger partial charge in [-0.1, -0.05) is 0 Å². The molecule has 6 nitrogen and oxygen atoms in total. The van der Waals surface area contributed by atoms with Gasteiger partial charge >= 0.3 is 0 Å². The van der Waals surface area contributed by atoms with Gasteiger partial charge in [-0.3, -0.25) is 9.48 Å². The summed E-state index contributed by atoms with van der Waals surface area (Å²) in [6.07, 6.45) is 3.16. The third kappa shape index (κ3) is 3.15. The largest absolute Gasteiger partial charge is 0.480 e. The minimum Gasteiger partial charge on any atom is -0.480 e. The number of hydrogen-bond donors (Lipinski definition) is 1. The molecule has 0 aromatic carbocycles. The number of nitrogens with one attached hydrogen (secondary N) is 1. The zero-order valence-corrected chi connectivity index (χ0v) is 7.73. The molecule has 1 aromatic heterocycles. The van der Waals surface area contributed by atoms with E-state index in [4.69, 9.17) is 10.00 Å². The molecular formula is C8H10N4O2. The Kier molecular flexibility index (Phi) is 3.49. The molecule has 0 bridgehead atoms. The molecule has 74 valence electrons. The highest BCUT2D eigenvalue weighted by Crippen LogP contribution is 2.05. The van der Waals surface area contributed by atoms with Crippen LogP contribution in [-0.2, 0) is 11.8 Å². The smallest absolute Gasteiger partial charge is 0.258 e. The summed E-state index contributed by atoms with van der Waals surface area (Å²) >= 11 is 0. The van der Waals surface area contributed by atoms with Gasteiger partial charge < -0.3 is 10.1 Å². The maximum Gasteiger partial charge on any atom is 0.258 e. The molecular weight excluding hydrogens is 184 g/mol. The molecule has 1 rings (SSSR count). The third-order valence-electron chi connectivity index (χ3n) is 1.42. The number of carbonyl (C=O) groups is 1. The molecule has 0 aliphatic heterocycles. The number of rotatable bonds is 4. The van der Waals surface area contributed by atoms with Crippen molar-refractivity contribution in [1.29, 1.82) is 5.26 Å². The second kappa shape index (κ2) is 4.87. The highest BCUT2D eigenvalue weighted by molar-refractivity contribution is 5.77. The molecule has 0 aliphatic carbocycles. The molecule has 0 saturated carbocycles. The summed E-state index contributed by atoms with van der Waals surface area (Å²) in [6, 6.07) is 1.80. The second-order valence-electron chi connectivity index (χ2n) is 2.57. The summed E-state index contributed by atoms with van der Waals surface area (Å²) in [5.41, 5.74) is 0. The summed E-state index contributed by atoms with van der Waals surface area (Å²) in [5.74, 6) is 0.204. The van der Waals surface area contributed by atoms with E-state index in [2.05, 4.69) is 10.4 Å². The van der Waals surface area contributed by atoms with Gasteiger partial charge in [0.25, 0.3) is 5.91 Å². The van der Waals surface area contributed by atoms with Crippen molar-refractivity contribution in [1.82, 2.24) is 15.1 Å². The van der Waals surface area contributed by atoms with Gasteiger partial charge in [-0.15, -0.1) is 0 Å². The van der Waals surface area contributed by atoms with Gasteiger partial charge in [0.1, 0.15) is 6.54 Å². The Bertz CT molecular complexity index is 352. The van der Waals surface area contributed by atoms with Crippen LogP contribution in [0.5, 0.6) is 5.75 Å². The number of nitrogens with zero attached hydrogens (tertiary/aromatic N) is 3. The van der Waals surface area contributed by atoms with Crippen LogP contribution in [-0.4, -0.2) is 28.8 Å². The molecule has 6 heteroatoms. The predicted molar refractivity (Wildman–Crippen MR) is 47.3 cm³/mol. The van der Waals surface area contributed by atoms with Gasteiger partial charge in [-0.05, 0) is 0 Å². The van der Waals surface area contributed by atoms with Crippen molar-refractivity contribution < 1.29 is 9.53 Å². The van der Waals surface area contributed by atoms with Gasteiger partial charge in [0, 0.05) is 7.05 Å². The van der Waals surface area contributed by atoms with Crippen molar-refractivity contribution >= 4 is 5.91 Å². The Morgan fingerprint density at radius 3 is 3.21 bits per heavy atom. The van der Waals surface area contributed by atoms with E-state index in [1.54, 1.807) is 24.0 Å². The van der Waals surface area contributed by atoms with Crippen LogP contribution in [0.3, 0.4) is 0 Å². The van der Waals surface area contributed by atoms with E-state index in [0.29, 0.717) is 5.75 Å². The molecule has 0 aliphatic rings. The molecule has 0 unspecified atom stereocenters. The normalized spacial score (nSPS) is 9.14. The van der Waals surface area contributed by atoms with Crippen LogP contribution in [0, 0.1) is 11.3 Å². The van der Waals surface area contributed by atoms with E-state index in [-0.39, 0.29) is 19.1 Å². The lowest BCUT2D eigenvalue weighted by Crippen LogP contribution is -2.28. The van der Waals surface area contributed by atoms with Crippen molar-refractivity contribution in [3.8, 4) is 11.8 Å². The lowest BCUT2D eigenvalue weighted by atomic mass is 10.6. The lowest BCUT2D eigenvalue weighted by Gasteiger charge is -2.01. The number of carbonyl (C=O) groups excluding carboxylic acids is 1. The van der Waals surface area contributed by atoms with E-state index in [0.717, 1.165) is 0 Å². The van der Waals surface area contributed by atoms with Crippen LogP contribution in [0.25, 0.3) is 0 Å². The molecule has 0 saturated heterocycles. The fraction of sp³-hybridized carbons (Fsp3) is 0.375. The van der Waals surface area contributed by atoms with E-state index in [9.17, 15) is 4.79 Å². The van der Waals surface area contributed by atoms with Crippen LogP contribution in [0.1, 0.15) is 0 Å². The highest BCUT2D eigenvalue weighted by Gasteiger charge is 2.02. The van der Waals surface area contributed by atoms with E-state index in [1.165, 1.54) is 6.20 Å². The Hall–Kier alpha value is -2.03. The first-order chi connectivity index (χ1) is 6.72. The molecule has 1 amide bonds. The van der Waals surface area contributed by atoms with Gasteiger partial charge in [-0.25, -0.2) is 0 Å². The molecule has 0 atom stereocenters. The van der Waals surface area contributed by atoms with Gasteiger partial charge in [-0.2, -0.15) is 10.4 Å². The fourth-order valence-electron chi connectivity index (χ4n) is 0.811. The van der Waals surface area contributed by atoms with Crippen LogP contribution >= 0.6 is 0 Å². The quantitative estimate of drug-likeness (QED) is 0.651. The van der Waals surface area contributed by atoms with Crippen molar-refractivity contribution in [2.45, 2.75) is 0 Å². The molecule has 1 heterocycles. The molecule has 1 aromatic rings. The molecule has 14 heavy (non-hydrogen) atoms. The Balaban J connectivity index is 2.27. The highest BCUT2D eigenvalue weighted by atomic mass is 16.5. The van der Waals surface area contributed by atoms with Crippen molar-refractivity contribution in [2.24, 2.45) is 7.05 Å². The maximum atomic E-state index is 11.0. The van der Waals surface area contributed by atoms with Gasteiger partial charge in [0.2, 0.25) is 0 Å². The van der Waals surface area contributed by atoms with E-state index < -0.39 is 0 Å². The van der Waals surface area contributed by atoms with Crippen LogP contribution in [0.15, 0.2) is 12.4 Å². The topological polar surface area (TPSA) is 79.9 Å². The SMILES string of the molecule is Cn1cc(OCC(=O)NCC#N)cn1. The number of aromatic nitrogens is 2. The summed E-state index contributed by atoms with van der Waals surface area (Å²) < 4.78 is 6.65. The number of hydrogen-bond acceptors (Lipinski definition) is 4. The van der Waals surface area contributed by atoms with Gasteiger partial charge in [0.05, 0.1) is 18.5 Å². The Morgan fingerprint density at radius 1 is 1.86 bits per heavy atom. The van der Waals surface area contributed by atoms with E-state index >= 15 is 0 Å². The van der Waals surface area contributed by atoms with Crippen molar-refractivity contribution in [3.63, 3.8) is 0 Å². The third-order valence-corrected chi connectivity index (χ3v) is 1.42. The average Bonchev–Trinajstić information content (AvgIpc) is 2.58. The zero-order chi connectivity index (χ0) is 10.4. The van der Waals surface area contributed by atoms with Crippen molar-refractivity contribution in [2.75, 3.05) is 13.2 Å². The van der Waals surface area contributed by atoms with Crippen LogP contribution < -0.4 is 10.1 Å². The Labute approximate surface area is 81.1 Å². The first kappa shape index (κ1) is 10.1. The Morgan fingerprint density at radius 2 is 2.64 bits per heavy atom. The minimum absolute atomic E-state index is 0.00473. The standard InChI is InChI=1S/C8H10N4O2/c1-12-5-7(4-11-12)14-6-8(13)10-3-2-9/h4-5H,3,6H2,1H3,(H,10,13). The second-order valence-corrected chi connectivity index (χ2v) is 2.57. The maximum absolute atomic E-state index is 11.0. The number of aryl methyl sites for hydroxylation is 1. The van der Waals surface area contributed by atoms with Gasteiger partial charge in [0.15, 0.2) is 12.4 Å². The monoisotopic (exact) mass is 194 g/mol. The summed E-state index contributed by atoms with van der Waals surface area (Å²) in [6.45, 7) is -0.109. The molecule has 0 radical (unpaired) electrons.